The molecule has 0 saturated heterocycles. The van der Waals surface area contributed by atoms with Gasteiger partial charge in [-0.05, 0) is 70.6 Å². The minimum absolute atomic E-state index is 0.0611. The number of thiocarbonyl (C=S) groups is 1. The summed E-state index contributed by atoms with van der Waals surface area (Å²) in [6, 6.07) is 14.8. The number of thioether (sulfide) groups is 1. The van der Waals surface area contributed by atoms with Gasteiger partial charge < -0.3 is 16.0 Å². The van der Waals surface area contributed by atoms with E-state index in [1.54, 1.807) is 11.3 Å². The predicted molar refractivity (Wildman–Crippen MR) is 130 cm³/mol. The van der Waals surface area contributed by atoms with Gasteiger partial charge in [-0.2, -0.15) is 18.4 Å². The normalized spacial score (nSPS) is 12.1. The second-order valence-electron chi connectivity index (χ2n) is 6.88. The van der Waals surface area contributed by atoms with Gasteiger partial charge in [-0.3, -0.25) is 4.79 Å². The van der Waals surface area contributed by atoms with Crippen LogP contribution in [0, 0.1) is 11.3 Å². The van der Waals surface area contributed by atoms with Crippen LogP contribution in [-0.4, -0.2) is 29.1 Å². The number of benzene rings is 2. The lowest BCUT2D eigenvalue weighted by Crippen LogP contribution is -2.49. The maximum absolute atomic E-state index is 12.8. The third-order valence-electron chi connectivity index (χ3n) is 4.49. The molecule has 0 fully saturated rings. The number of carbonyl (C=O) groups excluding carboxylic acids is 1. The van der Waals surface area contributed by atoms with Gasteiger partial charge >= 0.3 is 5.51 Å². The van der Waals surface area contributed by atoms with Crippen LogP contribution >= 0.6 is 35.3 Å². The number of carbonyl (C=O) groups is 1. The van der Waals surface area contributed by atoms with Crippen LogP contribution in [0.5, 0.6) is 0 Å². The number of amides is 1. The molecule has 0 aliphatic heterocycles. The molecule has 0 spiro atoms. The molecule has 1 atom stereocenters. The van der Waals surface area contributed by atoms with E-state index in [0.29, 0.717) is 12.1 Å². The number of halogens is 3. The Morgan fingerprint density at radius 3 is 2.61 bits per heavy atom. The maximum Gasteiger partial charge on any atom is 0.446 e. The average molecular weight is 509 g/mol. The van der Waals surface area contributed by atoms with Crippen molar-refractivity contribution in [3.63, 3.8) is 0 Å². The van der Waals surface area contributed by atoms with E-state index in [0.717, 1.165) is 15.6 Å². The molecule has 11 heteroatoms. The minimum atomic E-state index is -4.36. The lowest BCUT2D eigenvalue weighted by Gasteiger charge is -2.20. The van der Waals surface area contributed by atoms with Crippen molar-refractivity contribution >= 4 is 62.1 Å². The highest BCUT2D eigenvalue weighted by Crippen LogP contribution is 2.37. The van der Waals surface area contributed by atoms with Gasteiger partial charge in [-0.1, -0.05) is 18.2 Å². The van der Waals surface area contributed by atoms with Crippen molar-refractivity contribution in [1.29, 1.82) is 5.26 Å². The first-order chi connectivity index (χ1) is 15.7. The zero-order chi connectivity index (χ0) is 23.8. The van der Waals surface area contributed by atoms with E-state index < -0.39 is 11.6 Å². The lowest BCUT2D eigenvalue weighted by atomic mass is 10.0. The molecule has 0 bridgehead atoms. The SMILES string of the molecule is N#CCCNC(=O)[C@H](Cc1csc2ccccc12)NC(=S)Nc1ccc(SC(F)(F)F)cc1. The molecule has 0 aliphatic carbocycles. The highest BCUT2D eigenvalue weighted by Gasteiger charge is 2.29. The zero-order valence-corrected chi connectivity index (χ0v) is 19.6. The second-order valence-corrected chi connectivity index (χ2v) is 9.34. The van der Waals surface area contributed by atoms with E-state index >= 15 is 0 Å². The number of nitrogens with one attached hydrogen (secondary N) is 3. The maximum atomic E-state index is 12.8. The van der Waals surface area contributed by atoms with Crippen LogP contribution in [-0.2, 0) is 11.2 Å². The number of rotatable bonds is 8. The highest BCUT2D eigenvalue weighted by atomic mass is 32.2. The number of hydrogen-bond donors (Lipinski definition) is 3. The molecule has 33 heavy (non-hydrogen) atoms. The molecule has 0 saturated carbocycles. The first-order valence-corrected chi connectivity index (χ1v) is 11.9. The topological polar surface area (TPSA) is 77.0 Å². The summed E-state index contributed by atoms with van der Waals surface area (Å²) in [5, 5.41) is 20.5. The van der Waals surface area contributed by atoms with Crippen molar-refractivity contribution in [3.8, 4) is 6.07 Å². The van der Waals surface area contributed by atoms with E-state index in [4.69, 9.17) is 17.5 Å². The summed E-state index contributed by atoms with van der Waals surface area (Å²) in [6.45, 7) is 0.219. The number of fused-ring (bicyclic) bond motifs is 1. The molecular weight excluding hydrogens is 489 g/mol. The largest absolute Gasteiger partial charge is 0.446 e. The molecule has 1 amide bonds. The second kappa shape index (κ2) is 11.4. The van der Waals surface area contributed by atoms with Gasteiger partial charge in [0.25, 0.3) is 0 Å². The quantitative estimate of drug-likeness (QED) is 0.214. The molecule has 172 valence electrons. The van der Waals surface area contributed by atoms with Gasteiger partial charge in [-0.25, -0.2) is 0 Å². The first kappa shape index (κ1) is 24.8. The van der Waals surface area contributed by atoms with E-state index in [1.165, 1.54) is 24.3 Å². The number of anilines is 1. The van der Waals surface area contributed by atoms with Crippen LogP contribution in [0.3, 0.4) is 0 Å². The van der Waals surface area contributed by atoms with Gasteiger partial charge in [-0.15, -0.1) is 11.3 Å². The highest BCUT2D eigenvalue weighted by molar-refractivity contribution is 8.00. The molecule has 0 aliphatic rings. The summed E-state index contributed by atoms with van der Waals surface area (Å²) in [7, 11) is 0. The third-order valence-corrected chi connectivity index (χ3v) is 6.46. The number of nitriles is 1. The van der Waals surface area contributed by atoms with Gasteiger partial charge in [0.2, 0.25) is 5.91 Å². The Kier molecular flexibility index (Phi) is 8.55. The summed E-state index contributed by atoms with van der Waals surface area (Å²) in [4.78, 5) is 12.8. The van der Waals surface area contributed by atoms with Gasteiger partial charge in [0.1, 0.15) is 6.04 Å². The summed E-state index contributed by atoms with van der Waals surface area (Å²) < 4.78 is 38.6. The Hall–Kier alpha value is -2.81. The van der Waals surface area contributed by atoms with Crippen LogP contribution < -0.4 is 16.0 Å². The molecule has 3 N–H and O–H groups in total. The van der Waals surface area contributed by atoms with Crippen molar-refractivity contribution in [2.45, 2.75) is 29.3 Å². The average Bonchev–Trinajstić information content (AvgIpc) is 3.17. The van der Waals surface area contributed by atoms with E-state index in [9.17, 15) is 18.0 Å². The van der Waals surface area contributed by atoms with Crippen LogP contribution in [0.1, 0.15) is 12.0 Å². The van der Waals surface area contributed by atoms with Gasteiger partial charge in [0, 0.05) is 28.2 Å². The third kappa shape index (κ3) is 7.63. The van der Waals surface area contributed by atoms with Crippen LogP contribution in [0.2, 0.25) is 0 Å². The van der Waals surface area contributed by atoms with E-state index in [1.807, 2.05) is 35.7 Å². The van der Waals surface area contributed by atoms with Crippen molar-refractivity contribution in [2.24, 2.45) is 0 Å². The van der Waals surface area contributed by atoms with Gasteiger partial charge in [0.05, 0.1) is 12.5 Å². The fourth-order valence-corrected chi connectivity index (χ4v) is 4.83. The Morgan fingerprint density at radius 1 is 1.18 bits per heavy atom. The molecule has 3 rings (SSSR count). The molecule has 3 aromatic rings. The Morgan fingerprint density at radius 2 is 1.91 bits per heavy atom. The predicted octanol–water partition coefficient (Wildman–Crippen LogP) is 5.44. The Bertz CT molecular complexity index is 1160. The van der Waals surface area contributed by atoms with Crippen molar-refractivity contribution in [3.05, 3.63) is 59.5 Å². The summed E-state index contributed by atoms with van der Waals surface area (Å²) >= 11 is 6.73. The first-order valence-electron chi connectivity index (χ1n) is 9.78. The molecule has 2 aromatic carbocycles. The molecule has 1 heterocycles. The van der Waals surface area contributed by atoms with Crippen molar-refractivity contribution < 1.29 is 18.0 Å². The molecule has 0 unspecified atom stereocenters. The number of nitrogens with zero attached hydrogens (tertiary/aromatic N) is 1. The number of hydrogen-bond acceptors (Lipinski definition) is 5. The lowest BCUT2D eigenvalue weighted by molar-refractivity contribution is -0.122. The fraction of sp³-hybridized carbons (Fsp3) is 0.227. The monoisotopic (exact) mass is 508 g/mol. The van der Waals surface area contributed by atoms with E-state index in [2.05, 4.69) is 16.0 Å². The Balaban J connectivity index is 1.69. The summed E-state index contributed by atoms with van der Waals surface area (Å²) in [5.74, 6) is -0.304. The zero-order valence-electron chi connectivity index (χ0n) is 17.1. The van der Waals surface area contributed by atoms with Crippen molar-refractivity contribution in [1.82, 2.24) is 10.6 Å². The van der Waals surface area contributed by atoms with Gasteiger partial charge in [0.15, 0.2) is 5.11 Å². The molecular formula is C22H19F3N4OS3. The van der Waals surface area contributed by atoms with Crippen LogP contribution in [0.4, 0.5) is 18.9 Å². The number of thiophene rings is 1. The van der Waals surface area contributed by atoms with Crippen LogP contribution in [0.25, 0.3) is 10.1 Å². The smallest absolute Gasteiger partial charge is 0.353 e. The minimum Gasteiger partial charge on any atom is -0.353 e. The standard InChI is InChI=1S/C22H19F3N4OS3/c23-22(24,25)33-16-8-6-15(7-9-16)28-21(31)29-18(20(30)27-11-3-10-26)12-14-13-32-19-5-2-1-4-17(14)19/h1-2,4-9,13,18H,3,11-12H2,(H,27,30)(H2,28,29,31)/t18-/m0/s1. The summed E-state index contributed by atoms with van der Waals surface area (Å²) in [6.07, 6.45) is 0.552. The molecule has 1 aromatic heterocycles. The molecule has 0 radical (unpaired) electrons. The fourth-order valence-electron chi connectivity index (χ4n) is 3.05. The van der Waals surface area contributed by atoms with Crippen molar-refractivity contribution in [2.75, 3.05) is 11.9 Å². The van der Waals surface area contributed by atoms with E-state index in [-0.39, 0.29) is 40.6 Å². The summed E-state index contributed by atoms with van der Waals surface area (Å²) in [5.41, 5.74) is -2.88. The van der Waals surface area contributed by atoms with Crippen LogP contribution in [0.15, 0.2) is 58.8 Å². The molecule has 5 nitrogen and oxygen atoms in total. The number of alkyl halides is 3. The Labute approximate surface area is 202 Å².